The zero-order valence-corrected chi connectivity index (χ0v) is 10.4. The highest BCUT2D eigenvalue weighted by Gasteiger charge is 2.12. The molecule has 0 atom stereocenters. The highest BCUT2D eigenvalue weighted by Crippen LogP contribution is 2.31. The smallest absolute Gasteiger partial charge is 0.155 e. The van der Waals surface area contributed by atoms with Gasteiger partial charge in [-0.2, -0.15) is 0 Å². The van der Waals surface area contributed by atoms with Gasteiger partial charge in [0.05, 0.1) is 16.4 Å². The number of anilines is 3. The van der Waals surface area contributed by atoms with Gasteiger partial charge in [0.15, 0.2) is 11.6 Å². The average molecular weight is 290 g/mol. The van der Waals surface area contributed by atoms with Gasteiger partial charge in [-0.05, 0) is 18.2 Å². The minimum atomic E-state index is -0.846. The van der Waals surface area contributed by atoms with Crippen LogP contribution in [0.25, 0.3) is 0 Å². The van der Waals surface area contributed by atoms with Crippen LogP contribution in [-0.4, -0.2) is 4.98 Å². The summed E-state index contributed by atoms with van der Waals surface area (Å²) in [6, 6.07) is 4.68. The summed E-state index contributed by atoms with van der Waals surface area (Å²) in [4.78, 5) is 3.88. The van der Waals surface area contributed by atoms with Crippen molar-refractivity contribution in [2.75, 3.05) is 11.1 Å². The van der Waals surface area contributed by atoms with Crippen LogP contribution in [-0.2, 0) is 0 Å². The van der Waals surface area contributed by atoms with Crippen molar-refractivity contribution < 1.29 is 8.78 Å². The van der Waals surface area contributed by atoms with Crippen LogP contribution in [0.4, 0.5) is 26.0 Å². The highest BCUT2D eigenvalue weighted by molar-refractivity contribution is 6.33. The number of hydrogen-bond donors (Lipinski definition) is 2. The van der Waals surface area contributed by atoms with Crippen molar-refractivity contribution in [3.8, 4) is 0 Å². The maximum atomic E-state index is 13.5. The van der Waals surface area contributed by atoms with Gasteiger partial charge in [-0.15, -0.1) is 0 Å². The molecule has 2 rings (SSSR count). The summed E-state index contributed by atoms with van der Waals surface area (Å²) in [6.45, 7) is 0. The molecular formula is C11H7Cl2F2N3. The Morgan fingerprint density at radius 1 is 1.17 bits per heavy atom. The van der Waals surface area contributed by atoms with Crippen molar-refractivity contribution >= 4 is 40.4 Å². The monoisotopic (exact) mass is 289 g/mol. The summed E-state index contributed by atoms with van der Waals surface area (Å²) < 4.78 is 26.4. The lowest BCUT2D eigenvalue weighted by Gasteiger charge is -2.11. The van der Waals surface area contributed by atoms with Crippen LogP contribution in [0.3, 0.4) is 0 Å². The second-order valence-electron chi connectivity index (χ2n) is 3.44. The molecular weight excluding hydrogens is 283 g/mol. The lowest BCUT2D eigenvalue weighted by molar-refractivity contribution is 0.586. The van der Waals surface area contributed by atoms with Crippen LogP contribution >= 0.6 is 23.2 Å². The number of nitrogens with two attached hydrogens (primary N) is 1. The van der Waals surface area contributed by atoms with E-state index < -0.39 is 11.6 Å². The van der Waals surface area contributed by atoms with Crippen LogP contribution in [0.5, 0.6) is 0 Å². The van der Waals surface area contributed by atoms with E-state index in [4.69, 9.17) is 28.9 Å². The van der Waals surface area contributed by atoms with Crippen LogP contribution in [0.15, 0.2) is 24.3 Å². The van der Waals surface area contributed by atoms with Crippen molar-refractivity contribution in [2.45, 2.75) is 0 Å². The Hall–Kier alpha value is -1.59. The predicted molar refractivity (Wildman–Crippen MR) is 68.3 cm³/mol. The summed E-state index contributed by atoms with van der Waals surface area (Å²) >= 11 is 11.4. The van der Waals surface area contributed by atoms with E-state index in [1.54, 1.807) is 0 Å². The lowest BCUT2D eigenvalue weighted by Crippen LogP contribution is -2.02. The van der Waals surface area contributed by atoms with Gasteiger partial charge in [-0.25, -0.2) is 13.8 Å². The van der Waals surface area contributed by atoms with Gasteiger partial charge in [0, 0.05) is 6.07 Å². The molecule has 0 saturated heterocycles. The second-order valence-corrected chi connectivity index (χ2v) is 4.24. The second kappa shape index (κ2) is 4.96. The summed E-state index contributed by atoms with van der Waals surface area (Å²) in [7, 11) is 0. The topological polar surface area (TPSA) is 50.9 Å². The first-order valence-electron chi connectivity index (χ1n) is 4.81. The van der Waals surface area contributed by atoms with Crippen molar-refractivity contribution in [3.63, 3.8) is 0 Å². The third kappa shape index (κ3) is 2.63. The number of pyridine rings is 1. The third-order valence-corrected chi connectivity index (χ3v) is 2.65. The Bertz CT molecular complexity index is 582. The number of aromatic nitrogens is 1. The average Bonchev–Trinajstić information content (AvgIpc) is 2.28. The summed E-state index contributed by atoms with van der Waals surface area (Å²) in [5.74, 6) is -1.47. The molecule has 1 heterocycles. The molecule has 2 aromatic rings. The maximum absolute atomic E-state index is 13.5. The molecule has 0 saturated carbocycles. The third-order valence-electron chi connectivity index (χ3n) is 2.14. The SMILES string of the molecule is Nc1ccc(Cl)nc1Nc1c(F)cc(F)cc1Cl. The molecule has 0 bridgehead atoms. The predicted octanol–water partition coefficient (Wildman–Crippen LogP) is 3.99. The van der Waals surface area contributed by atoms with Crippen molar-refractivity contribution in [1.29, 1.82) is 0 Å². The number of benzene rings is 1. The molecule has 0 aliphatic carbocycles. The van der Waals surface area contributed by atoms with E-state index in [2.05, 4.69) is 10.3 Å². The number of halogens is 4. The number of hydrogen-bond acceptors (Lipinski definition) is 3. The number of rotatable bonds is 2. The summed E-state index contributed by atoms with van der Waals surface area (Å²) in [5.41, 5.74) is 5.80. The largest absolute Gasteiger partial charge is 0.396 e. The zero-order chi connectivity index (χ0) is 13.3. The Balaban J connectivity index is 2.43. The standard InChI is InChI=1S/C11H7Cl2F2N3/c12-6-3-5(14)4-7(15)10(6)18-11-8(16)1-2-9(13)17-11/h1-4H,16H2,(H,17,18). The van der Waals surface area contributed by atoms with E-state index in [0.717, 1.165) is 6.07 Å². The number of nitrogens with zero attached hydrogens (tertiary/aromatic N) is 1. The van der Waals surface area contributed by atoms with Gasteiger partial charge >= 0.3 is 0 Å². The van der Waals surface area contributed by atoms with E-state index in [0.29, 0.717) is 6.07 Å². The lowest BCUT2D eigenvalue weighted by atomic mass is 10.3. The Morgan fingerprint density at radius 2 is 1.89 bits per heavy atom. The van der Waals surface area contributed by atoms with E-state index in [1.165, 1.54) is 12.1 Å². The minimum absolute atomic E-state index is 0.112. The molecule has 0 fully saturated rings. The molecule has 1 aromatic carbocycles. The molecule has 0 radical (unpaired) electrons. The van der Waals surface area contributed by atoms with Crippen LogP contribution < -0.4 is 11.1 Å². The van der Waals surface area contributed by atoms with Gasteiger partial charge in [0.25, 0.3) is 0 Å². The van der Waals surface area contributed by atoms with Crippen molar-refractivity contribution in [3.05, 3.63) is 46.1 Å². The van der Waals surface area contributed by atoms with Gasteiger partial charge in [0.2, 0.25) is 0 Å². The molecule has 3 nitrogen and oxygen atoms in total. The fourth-order valence-corrected chi connectivity index (χ4v) is 1.72. The molecule has 0 aliphatic heterocycles. The van der Waals surface area contributed by atoms with Gasteiger partial charge in [-0.3, -0.25) is 0 Å². The Morgan fingerprint density at radius 3 is 2.56 bits per heavy atom. The zero-order valence-electron chi connectivity index (χ0n) is 8.85. The first kappa shape index (κ1) is 12.9. The quantitative estimate of drug-likeness (QED) is 0.822. The fourth-order valence-electron chi connectivity index (χ4n) is 1.33. The summed E-state index contributed by atoms with van der Waals surface area (Å²) in [5, 5.41) is 2.65. The van der Waals surface area contributed by atoms with Crippen molar-refractivity contribution in [1.82, 2.24) is 4.98 Å². The first-order chi connectivity index (χ1) is 8.47. The molecule has 3 N–H and O–H groups in total. The first-order valence-corrected chi connectivity index (χ1v) is 5.56. The van der Waals surface area contributed by atoms with Crippen molar-refractivity contribution in [2.24, 2.45) is 0 Å². The normalized spacial score (nSPS) is 10.4. The van der Waals surface area contributed by atoms with Gasteiger partial charge in [-0.1, -0.05) is 23.2 Å². The van der Waals surface area contributed by atoms with E-state index in [9.17, 15) is 8.78 Å². The van der Waals surface area contributed by atoms with Crippen LogP contribution in [0.2, 0.25) is 10.2 Å². The van der Waals surface area contributed by atoms with E-state index >= 15 is 0 Å². The van der Waals surface area contributed by atoms with Gasteiger partial charge < -0.3 is 11.1 Å². The van der Waals surface area contributed by atoms with E-state index in [-0.39, 0.29) is 27.4 Å². The highest BCUT2D eigenvalue weighted by atomic mass is 35.5. The maximum Gasteiger partial charge on any atom is 0.155 e. The Labute approximate surface area is 112 Å². The number of nitrogens with one attached hydrogen (secondary N) is 1. The minimum Gasteiger partial charge on any atom is -0.396 e. The van der Waals surface area contributed by atoms with E-state index in [1.807, 2.05) is 0 Å². The number of nitrogen functional groups attached to an aromatic ring is 1. The fraction of sp³-hybridized carbons (Fsp3) is 0. The van der Waals surface area contributed by atoms with Crippen LogP contribution in [0, 0.1) is 11.6 Å². The summed E-state index contributed by atoms with van der Waals surface area (Å²) in [6.07, 6.45) is 0. The Kier molecular flexibility index (Phi) is 3.54. The molecule has 0 amide bonds. The van der Waals surface area contributed by atoms with Gasteiger partial charge in [0.1, 0.15) is 11.0 Å². The molecule has 7 heteroatoms. The molecule has 1 aromatic heterocycles. The van der Waals surface area contributed by atoms with Crippen LogP contribution in [0.1, 0.15) is 0 Å². The molecule has 0 unspecified atom stereocenters. The molecule has 0 spiro atoms. The molecule has 94 valence electrons. The molecule has 18 heavy (non-hydrogen) atoms. The molecule has 0 aliphatic rings.